The van der Waals surface area contributed by atoms with Gasteiger partial charge < -0.3 is 4.90 Å². The van der Waals surface area contributed by atoms with Gasteiger partial charge in [0.15, 0.2) is 5.78 Å². The summed E-state index contributed by atoms with van der Waals surface area (Å²) in [5, 5.41) is 2.46. The number of aromatic nitrogens is 1. The molecular formula is C45H50N2O. The molecule has 4 aromatic carbocycles. The molecule has 0 fully saturated rings. The summed E-state index contributed by atoms with van der Waals surface area (Å²) in [7, 11) is 0. The normalized spacial score (nSPS) is 18.1. The van der Waals surface area contributed by atoms with Gasteiger partial charge in [-0.3, -0.25) is 4.79 Å². The minimum absolute atomic E-state index is 0.0915. The lowest BCUT2D eigenvalue weighted by atomic mass is 9.66. The van der Waals surface area contributed by atoms with Crippen LogP contribution >= 0.6 is 0 Å². The second kappa shape index (κ2) is 12.3. The first kappa shape index (κ1) is 32.3. The van der Waals surface area contributed by atoms with Crippen LogP contribution in [0.15, 0.2) is 97.1 Å². The van der Waals surface area contributed by atoms with Gasteiger partial charge in [0.1, 0.15) is 5.82 Å². The van der Waals surface area contributed by atoms with E-state index in [1.54, 1.807) is 0 Å². The Labute approximate surface area is 287 Å². The topological polar surface area (TPSA) is 33.2 Å². The van der Waals surface area contributed by atoms with E-state index in [1.807, 2.05) is 0 Å². The zero-order chi connectivity index (χ0) is 33.7. The SMILES string of the molecule is CC(C)(C)c1ccc(CN2CC(Cc3ccccc3)(Cc3cccc4ccccc34)C(=O)c3c2nc(C(C)(C)C)c2c3CCCC2)cc1. The lowest BCUT2D eigenvalue weighted by Crippen LogP contribution is -2.52. The average Bonchev–Trinajstić information content (AvgIpc) is 3.06. The number of pyridine rings is 1. The Morgan fingerprint density at radius 3 is 2.06 bits per heavy atom. The van der Waals surface area contributed by atoms with Crippen molar-refractivity contribution in [2.24, 2.45) is 5.41 Å². The molecule has 0 spiro atoms. The molecule has 2 heterocycles. The lowest BCUT2D eigenvalue weighted by Gasteiger charge is -2.45. The summed E-state index contributed by atoms with van der Waals surface area (Å²) >= 11 is 0. The summed E-state index contributed by atoms with van der Waals surface area (Å²) < 4.78 is 0. The molecule has 3 heteroatoms. The van der Waals surface area contributed by atoms with Crippen LogP contribution < -0.4 is 4.90 Å². The third-order valence-corrected chi connectivity index (χ3v) is 10.7. The predicted molar refractivity (Wildman–Crippen MR) is 200 cm³/mol. The van der Waals surface area contributed by atoms with Crippen molar-refractivity contribution in [2.45, 2.75) is 97.4 Å². The van der Waals surface area contributed by atoms with Gasteiger partial charge in [-0.2, -0.15) is 0 Å². The molecule has 1 aromatic heterocycles. The number of ketones is 1. The molecule has 2 aliphatic rings. The Kier molecular flexibility index (Phi) is 8.30. The molecule has 1 aliphatic heterocycles. The first-order chi connectivity index (χ1) is 22.9. The van der Waals surface area contributed by atoms with E-state index in [0.717, 1.165) is 37.1 Å². The van der Waals surface area contributed by atoms with Crippen molar-refractivity contribution < 1.29 is 4.79 Å². The zero-order valence-electron chi connectivity index (χ0n) is 29.7. The van der Waals surface area contributed by atoms with Crippen LogP contribution in [0.2, 0.25) is 0 Å². The Morgan fingerprint density at radius 2 is 1.35 bits per heavy atom. The summed E-state index contributed by atoms with van der Waals surface area (Å²) in [4.78, 5) is 23.6. The number of hydrogen-bond acceptors (Lipinski definition) is 3. The highest BCUT2D eigenvalue weighted by Crippen LogP contribution is 2.47. The standard InChI is InChI=1S/C45H50N2O/c1-43(2,3)35-25-23-32(24-26-35)29-47-30-45(27-31-15-8-7-9-16-31,28-34-19-14-18-33-17-10-11-20-36(33)34)41(48)39-37-21-12-13-22-38(37)40(44(4,5)6)46-42(39)47/h7-11,14-20,23-26H,12-13,21-22,27-30H2,1-6H3. The minimum Gasteiger partial charge on any atom is -0.351 e. The molecule has 1 unspecified atom stereocenters. The van der Waals surface area contributed by atoms with Gasteiger partial charge >= 0.3 is 0 Å². The van der Waals surface area contributed by atoms with Gasteiger partial charge in [-0.1, -0.05) is 139 Å². The number of Topliss-reactive ketones (excluding diaryl/α,β-unsaturated/α-hetero) is 1. The summed E-state index contributed by atoms with van der Waals surface area (Å²) in [5.74, 6) is 1.17. The quantitative estimate of drug-likeness (QED) is 0.186. The zero-order valence-corrected chi connectivity index (χ0v) is 29.7. The molecule has 0 radical (unpaired) electrons. The molecule has 1 aliphatic carbocycles. The van der Waals surface area contributed by atoms with E-state index in [9.17, 15) is 0 Å². The molecule has 0 amide bonds. The molecule has 3 nitrogen and oxygen atoms in total. The lowest BCUT2D eigenvalue weighted by molar-refractivity contribution is 0.0780. The molecule has 48 heavy (non-hydrogen) atoms. The van der Waals surface area contributed by atoms with Crippen LogP contribution in [-0.4, -0.2) is 17.3 Å². The van der Waals surface area contributed by atoms with E-state index in [2.05, 4.69) is 144 Å². The van der Waals surface area contributed by atoms with Crippen molar-refractivity contribution >= 4 is 22.4 Å². The Balaban J connectivity index is 1.44. The van der Waals surface area contributed by atoms with Crippen molar-refractivity contribution in [3.8, 4) is 0 Å². The van der Waals surface area contributed by atoms with Gasteiger partial charge in [0.2, 0.25) is 0 Å². The maximum Gasteiger partial charge on any atom is 0.175 e. The van der Waals surface area contributed by atoms with E-state index in [0.29, 0.717) is 25.9 Å². The molecular weight excluding hydrogens is 585 g/mol. The van der Waals surface area contributed by atoms with Crippen LogP contribution in [0.3, 0.4) is 0 Å². The third-order valence-electron chi connectivity index (χ3n) is 10.7. The number of fused-ring (bicyclic) bond motifs is 4. The van der Waals surface area contributed by atoms with Crippen LogP contribution in [0.5, 0.6) is 0 Å². The minimum atomic E-state index is -0.653. The van der Waals surface area contributed by atoms with Crippen molar-refractivity contribution in [2.75, 3.05) is 11.4 Å². The summed E-state index contributed by atoms with van der Waals surface area (Å²) in [5.41, 5.74) is 9.01. The average molecular weight is 635 g/mol. The Hall–Kier alpha value is -4.24. The van der Waals surface area contributed by atoms with E-state index in [-0.39, 0.29) is 16.6 Å². The number of carbonyl (C=O) groups is 1. The van der Waals surface area contributed by atoms with Crippen molar-refractivity contribution in [1.82, 2.24) is 4.98 Å². The molecule has 0 N–H and O–H groups in total. The highest BCUT2D eigenvalue weighted by Gasteiger charge is 2.48. The Morgan fingerprint density at radius 1 is 0.688 bits per heavy atom. The van der Waals surface area contributed by atoms with Gasteiger partial charge in [0.05, 0.1) is 16.7 Å². The number of nitrogens with zero attached hydrogens (tertiary/aromatic N) is 2. The second-order valence-electron chi connectivity index (χ2n) is 16.5. The van der Waals surface area contributed by atoms with E-state index < -0.39 is 5.41 Å². The smallest absolute Gasteiger partial charge is 0.175 e. The third kappa shape index (κ3) is 6.09. The van der Waals surface area contributed by atoms with Gasteiger partial charge in [0.25, 0.3) is 0 Å². The fourth-order valence-corrected chi connectivity index (χ4v) is 8.27. The van der Waals surface area contributed by atoms with Crippen molar-refractivity contribution in [3.63, 3.8) is 0 Å². The van der Waals surface area contributed by atoms with Crippen LogP contribution in [0.25, 0.3) is 10.8 Å². The van der Waals surface area contributed by atoms with Gasteiger partial charge in [-0.15, -0.1) is 0 Å². The van der Waals surface area contributed by atoms with E-state index in [1.165, 1.54) is 49.8 Å². The highest BCUT2D eigenvalue weighted by molar-refractivity contribution is 6.08. The summed E-state index contributed by atoms with van der Waals surface area (Å²) in [6.07, 6.45) is 5.57. The largest absolute Gasteiger partial charge is 0.351 e. The van der Waals surface area contributed by atoms with Crippen molar-refractivity contribution in [3.05, 3.63) is 142 Å². The van der Waals surface area contributed by atoms with Gasteiger partial charge in [0, 0.05) is 18.5 Å². The molecule has 0 saturated carbocycles. The van der Waals surface area contributed by atoms with Gasteiger partial charge in [-0.05, 0) is 88.1 Å². The first-order valence-electron chi connectivity index (χ1n) is 17.9. The fourth-order valence-electron chi connectivity index (χ4n) is 8.27. The number of hydrogen-bond donors (Lipinski definition) is 0. The van der Waals surface area contributed by atoms with Crippen LogP contribution in [0, 0.1) is 5.41 Å². The molecule has 0 saturated heterocycles. The van der Waals surface area contributed by atoms with Crippen LogP contribution in [-0.2, 0) is 43.1 Å². The van der Waals surface area contributed by atoms with E-state index in [4.69, 9.17) is 4.98 Å². The maximum atomic E-state index is 15.6. The monoisotopic (exact) mass is 634 g/mol. The van der Waals surface area contributed by atoms with Crippen LogP contribution in [0.4, 0.5) is 5.82 Å². The molecule has 7 rings (SSSR count). The van der Waals surface area contributed by atoms with Crippen LogP contribution in [0.1, 0.15) is 104 Å². The fraction of sp³-hybridized carbons (Fsp3) is 0.378. The number of carbonyl (C=O) groups excluding carboxylic acids is 1. The second-order valence-corrected chi connectivity index (χ2v) is 16.5. The maximum absolute atomic E-state index is 15.6. The summed E-state index contributed by atoms with van der Waals surface area (Å²) in [6.45, 7) is 15.0. The highest BCUT2D eigenvalue weighted by atomic mass is 16.1. The molecule has 1 atom stereocenters. The summed E-state index contributed by atoms with van der Waals surface area (Å²) in [6, 6.07) is 35.0. The molecule has 0 bridgehead atoms. The van der Waals surface area contributed by atoms with E-state index >= 15 is 4.79 Å². The number of anilines is 1. The predicted octanol–water partition coefficient (Wildman–Crippen LogP) is 10.4. The first-order valence-corrected chi connectivity index (χ1v) is 17.9. The number of benzene rings is 4. The number of rotatable bonds is 6. The molecule has 5 aromatic rings. The van der Waals surface area contributed by atoms with Crippen molar-refractivity contribution in [1.29, 1.82) is 0 Å². The van der Waals surface area contributed by atoms with Gasteiger partial charge in [-0.25, -0.2) is 4.98 Å². The Bertz CT molecular complexity index is 1950. The molecule has 246 valence electrons.